The summed E-state index contributed by atoms with van der Waals surface area (Å²) in [5.74, 6) is 0.403. The van der Waals surface area contributed by atoms with Crippen LogP contribution in [0.4, 0.5) is 23.8 Å². The summed E-state index contributed by atoms with van der Waals surface area (Å²) in [7, 11) is 1.48. The number of halogens is 4. The maximum Gasteiger partial charge on any atom is 0.417 e. The summed E-state index contributed by atoms with van der Waals surface area (Å²) in [6.45, 7) is 3.95. The minimum Gasteiger partial charge on any atom is -0.465 e. The van der Waals surface area contributed by atoms with Crippen LogP contribution in [0.3, 0.4) is 0 Å². The number of hydrogen-bond acceptors (Lipinski definition) is 6. The number of aromatic nitrogens is 2. The number of amides is 1. The molecule has 1 fully saturated rings. The Hall–Kier alpha value is -2.18. The molecule has 1 saturated heterocycles. The van der Waals surface area contributed by atoms with Crippen LogP contribution in [0.2, 0.25) is 5.02 Å². The van der Waals surface area contributed by atoms with Crippen LogP contribution in [-0.2, 0) is 10.9 Å². The first-order valence-corrected chi connectivity index (χ1v) is 11.6. The molecule has 2 aliphatic rings. The first kappa shape index (κ1) is 24.0. The lowest BCUT2D eigenvalue weighted by Gasteiger charge is -2.43. The third-order valence-electron chi connectivity index (χ3n) is 5.97. The van der Waals surface area contributed by atoms with Crippen LogP contribution in [0, 0.1) is 0 Å². The van der Waals surface area contributed by atoms with Gasteiger partial charge in [-0.2, -0.15) is 18.2 Å². The number of methoxy groups -OCH3 is 1. The van der Waals surface area contributed by atoms with Crippen molar-refractivity contribution in [3.05, 3.63) is 27.1 Å². The van der Waals surface area contributed by atoms with Crippen LogP contribution in [0.25, 0.3) is 10.9 Å². The Morgan fingerprint density at radius 2 is 1.97 bits per heavy atom. The van der Waals surface area contributed by atoms with Gasteiger partial charge in [-0.3, -0.25) is 9.47 Å². The number of piperazine rings is 1. The van der Waals surface area contributed by atoms with Crippen LogP contribution in [0.1, 0.15) is 25.5 Å². The maximum atomic E-state index is 13.8. The molecule has 0 bridgehead atoms. The average molecular weight is 507 g/mol. The van der Waals surface area contributed by atoms with Gasteiger partial charge in [-0.15, -0.1) is 11.8 Å². The van der Waals surface area contributed by atoms with Crippen LogP contribution >= 0.6 is 23.4 Å². The zero-order chi connectivity index (χ0) is 24.2. The van der Waals surface area contributed by atoms with Crippen molar-refractivity contribution in [2.45, 2.75) is 43.0 Å². The molecular weight excluding hydrogens is 485 g/mol. The second kappa shape index (κ2) is 8.55. The summed E-state index contributed by atoms with van der Waals surface area (Å²) in [5, 5.41) is 9.19. The molecule has 0 aliphatic carbocycles. The largest absolute Gasteiger partial charge is 0.465 e. The van der Waals surface area contributed by atoms with Crippen molar-refractivity contribution in [2.75, 3.05) is 37.5 Å². The number of hydrogen-bond donors (Lipinski definition) is 1. The number of carbonyl (C=O) groups is 1. The molecule has 2 aliphatic heterocycles. The zero-order valence-electron chi connectivity index (χ0n) is 18.0. The molecule has 3 heterocycles. The van der Waals surface area contributed by atoms with Crippen molar-refractivity contribution in [3.8, 4) is 0 Å². The molecule has 8 nitrogen and oxygen atoms in total. The lowest BCUT2D eigenvalue weighted by atomic mass is 10.1. The third-order valence-corrected chi connectivity index (χ3v) is 7.72. The highest BCUT2D eigenvalue weighted by Gasteiger charge is 2.40. The first-order valence-electron chi connectivity index (χ1n) is 10.2. The van der Waals surface area contributed by atoms with Gasteiger partial charge in [0.2, 0.25) is 0 Å². The molecule has 1 aromatic heterocycles. The van der Waals surface area contributed by atoms with Gasteiger partial charge in [0.15, 0.2) is 0 Å². The van der Waals surface area contributed by atoms with Crippen LogP contribution in [-0.4, -0.2) is 70.3 Å². The Balaban J connectivity index is 1.98. The average Bonchev–Trinajstić information content (AvgIpc) is 2.70. The minimum absolute atomic E-state index is 0.0945. The molecule has 2 aromatic rings. The van der Waals surface area contributed by atoms with Crippen molar-refractivity contribution >= 4 is 46.2 Å². The smallest absolute Gasteiger partial charge is 0.417 e. The predicted molar refractivity (Wildman–Crippen MR) is 119 cm³/mol. The molecule has 0 radical (unpaired) electrons. The maximum absolute atomic E-state index is 13.8. The van der Waals surface area contributed by atoms with E-state index >= 15 is 0 Å². The molecule has 1 aromatic carbocycles. The molecule has 4 rings (SSSR count). The standard InChI is InChI=1S/C20H22ClF3N4O4S/c1-9-5-26(6-10(2)27(9)19(30)31)17-12-4-13(20(22,23)24)14(21)16-15(12)28(18(29)25-17)11(7-32-3)8-33-16/h4,9-11H,5-8H2,1-3H3,(H,30,31)/t9-,10+,11-/m0/s1. The van der Waals surface area contributed by atoms with Gasteiger partial charge >= 0.3 is 18.0 Å². The second-order valence-electron chi connectivity index (χ2n) is 8.26. The highest BCUT2D eigenvalue weighted by atomic mass is 35.5. The summed E-state index contributed by atoms with van der Waals surface area (Å²) < 4.78 is 48.1. The van der Waals surface area contributed by atoms with E-state index in [1.165, 1.54) is 16.6 Å². The SMILES string of the molecule is COC[C@H]1CSc2c(Cl)c(C(F)(F)F)cc3c(N4C[C@@H](C)N(C(=O)O)[C@@H](C)C4)nc(=O)n1c23. The van der Waals surface area contributed by atoms with Gasteiger partial charge in [0.05, 0.1) is 45.7 Å². The minimum atomic E-state index is -4.70. The lowest BCUT2D eigenvalue weighted by Crippen LogP contribution is -2.58. The van der Waals surface area contributed by atoms with E-state index in [1.807, 2.05) is 0 Å². The molecule has 13 heteroatoms. The van der Waals surface area contributed by atoms with Gasteiger partial charge in [0.1, 0.15) is 5.82 Å². The van der Waals surface area contributed by atoms with E-state index in [1.54, 1.807) is 18.7 Å². The van der Waals surface area contributed by atoms with Crippen LogP contribution in [0.5, 0.6) is 0 Å². The van der Waals surface area contributed by atoms with E-state index in [-0.39, 0.29) is 35.8 Å². The number of thioether (sulfide) groups is 1. The van der Waals surface area contributed by atoms with Crippen molar-refractivity contribution in [1.29, 1.82) is 0 Å². The number of nitrogens with zero attached hydrogens (tertiary/aromatic N) is 4. The summed E-state index contributed by atoms with van der Waals surface area (Å²) >= 11 is 7.35. The van der Waals surface area contributed by atoms with Gasteiger partial charge in [-0.05, 0) is 19.9 Å². The summed E-state index contributed by atoms with van der Waals surface area (Å²) in [6.07, 6.45) is -5.78. The highest BCUT2D eigenvalue weighted by Crippen LogP contribution is 2.48. The Kier molecular flexibility index (Phi) is 6.21. The van der Waals surface area contributed by atoms with Gasteiger partial charge < -0.3 is 14.7 Å². The Morgan fingerprint density at radius 3 is 2.52 bits per heavy atom. The molecule has 0 spiro atoms. The van der Waals surface area contributed by atoms with Crippen molar-refractivity contribution in [1.82, 2.24) is 14.5 Å². The van der Waals surface area contributed by atoms with Crippen molar-refractivity contribution in [2.24, 2.45) is 0 Å². The van der Waals surface area contributed by atoms with Gasteiger partial charge in [-0.25, -0.2) is 9.59 Å². The molecular formula is C20H22ClF3N4O4S. The zero-order valence-corrected chi connectivity index (χ0v) is 19.6. The second-order valence-corrected chi connectivity index (χ2v) is 9.67. The van der Waals surface area contributed by atoms with E-state index in [9.17, 15) is 27.9 Å². The summed E-state index contributed by atoms with van der Waals surface area (Å²) in [5.41, 5.74) is -1.32. The van der Waals surface area contributed by atoms with Crippen LogP contribution in [0.15, 0.2) is 15.8 Å². The fourth-order valence-electron chi connectivity index (χ4n) is 4.69. The summed E-state index contributed by atoms with van der Waals surface area (Å²) in [6, 6.07) is -0.391. The number of alkyl halides is 3. The quantitative estimate of drug-likeness (QED) is 0.674. The number of benzene rings is 1. The van der Waals surface area contributed by atoms with Gasteiger partial charge in [0.25, 0.3) is 0 Å². The normalized spacial score (nSPS) is 23.3. The summed E-state index contributed by atoms with van der Waals surface area (Å²) in [4.78, 5) is 32.0. The molecule has 1 N–H and O–H groups in total. The topological polar surface area (TPSA) is 87.9 Å². The van der Waals surface area contributed by atoms with E-state index < -0.39 is 46.7 Å². The number of anilines is 1. The molecule has 3 atom stereocenters. The Morgan fingerprint density at radius 1 is 1.33 bits per heavy atom. The molecule has 33 heavy (non-hydrogen) atoms. The number of ether oxygens (including phenoxy) is 1. The van der Waals surface area contributed by atoms with E-state index in [2.05, 4.69) is 4.98 Å². The van der Waals surface area contributed by atoms with Gasteiger partial charge in [0, 0.05) is 31.3 Å². The van der Waals surface area contributed by atoms with Crippen molar-refractivity contribution < 1.29 is 27.8 Å². The molecule has 180 valence electrons. The molecule has 0 saturated carbocycles. The lowest BCUT2D eigenvalue weighted by molar-refractivity contribution is -0.137. The highest BCUT2D eigenvalue weighted by molar-refractivity contribution is 7.99. The molecule has 1 amide bonds. The fourth-order valence-corrected chi connectivity index (χ4v) is 6.30. The van der Waals surface area contributed by atoms with Crippen LogP contribution < -0.4 is 10.6 Å². The van der Waals surface area contributed by atoms with E-state index in [0.29, 0.717) is 11.3 Å². The third kappa shape index (κ3) is 4.01. The fraction of sp³-hybridized carbons (Fsp3) is 0.550. The van der Waals surface area contributed by atoms with Gasteiger partial charge in [-0.1, -0.05) is 11.6 Å². The van der Waals surface area contributed by atoms with E-state index in [4.69, 9.17) is 16.3 Å². The number of carboxylic acid groups (broad SMARTS) is 1. The van der Waals surface area contributed by atoms with Crippen molar-refractivity contribution in [3.63, 3.8) is 0 Å². The van der Waals surface area contributed by atoms with E-state index in [0.717, 1.165) is 17.8 Å². The molecule has 0 unspecified atom stereocenters. The number of rotatable bonds is 3. The Bertz CT molecular complexity index is 1160. The Labute approximate surface area is 196 Å². The monoisotopic (exact) mass is 506 g/mol. The predicted octanol–water partition coefficient (Wildman–Crippen LogP) is 3.94. The first-order chi connectivity index (χ1) is 15.5.